The third-order valence-corrected chi connectivity index (χ3v) is 3.50. The molecule has 1 saturated carbocycles. The quantitative estimate of drug-likeness (QED) is 0.817. The second kappa shape index (κ2) is 5.63. The number of nitrogens with one attached hydrogen (secondary N) is 1. The van der Waals surface area contributed by atoms with Crippen LogP contribution in [0.2, 0.25) is 0 Å². The van der Waals surface area contributed by atoms with Crippen molar-refractivity contribution in [3.05, 3.63) is 30.1 Å². The van der Waals surface area contributed by atoms with Gasteiger partial charge in [-0.2, -0.15) is 0 Å². The maximum absolute atomic E-state index is 12.1. The Bertz CT molecular complexity index is 617. The van der Waals surface area contributed by atoms with Crippen LogP contribution in [0.25, 0.3) is 11.0 Å². The fraction of sp³-hybridized carbons (Fsp3) is 0.467. The van der Waals surface area contributed by atoms with Gasteiger partial charge in [0.1, 0.15) is 5.69 Å². The molecule has 0 atom stereocenters. The van der Waals surface area contributed by atoms with Gasteiger partial charge in [0.2, 0.25) is 0 Å². The molecular formula is C15H19N3O2. The molecular weight excluding hydrogens is 254 g/mol. The van der Waals surface area contributed by atoms with E-state index in [0.717, 1.165) is 24.1 Å². The van der Waals surface area contributed by atoms with Gasteiger partial charge in [-0.1, -0.05) is 0 Å². The number of carbonyl (C=O) groups excluding carboxylic acids is 1. The van der Waals surface area contributed by atoms with E-state index in [9.17, 15) is 4.79 Å². The van der Waals surface area contributed by atoms with Crippen LogP contribution in [0.5, 0.6) is 0 Å². The molecule has 0 aromatic carbocycles. The van der Waals surface area contributed by atoms with Gasteiger partial charge in [-0.15, -0.1) is 0 Å². The zero-order valence-electron chi connectivity index (χ0n) is 11.6. The molecule has 0 radical (unpaired) electrons. The van der Waals surface area contributed by atoms with E-state index in [1.54, 1.807) is 6.20 Å². The van der Waals surface area contributed by atoms with Crippen LogP contribution in [0.4, 0.5) is 0 Å². The average Bonchev–Trinajstić information content (AvgIpc) is 3.20. The van der Waals surface area contributed by atoms with Crippen molar-refractivity contribution in [2.45, 2.75) is 32.4 Å². The van der Waals surface area contributed by atoms with Gasteiger partial charge in [0.15, 0.2) is 0 Å². The van der Waals surface area contributed by atoms with Crippen molar-refractivity contribution >= 4 is 17.0 Å². The van der Waals surface area contributed by atoms with Gasteiger partial charge in [0.05, 0.1) is 17.6 Å². The van der Waals surface area contributed by atoms with Crippen LogP contribution in [0.3, 0.4) is 0 Å². The molecule has 20 heavy (non-hydrogen) atoms. The summed E-state index contributed by atoms with van der Waals surface area (Å²) in [4.78, 5) is 16.4. The number of ether oxygens (including phenoxy) is 1. The lowest BCUT2D eigenvalue weighted by Gasteiger charge is -2.10. The predicted octanol–water partition coefficient (Wildman–Crippen LogP) is 1.96. The number of fused-ring (bicyclic) bond motifs is 1. The lowest BCUT2D eigenvalue weighted by Crippen LogP contribution is -2.23. The highest BCUT2D eigenvalue weighted by molar-refractivity contribution is 5.94. The fourth-order valence-electron chi connectivity index (χ4n) is 2.37. The summed E-state index contributed by atoms with van der Waals surface area (Å²) in [5.74, 6) is -0.281. The van der Waals surface area contributed by atoms with E-state index in [1.807, 2.05) is 29.7 Å². The fourth-order valence-corrected chi connectivity index (χ4v) is 2.37. The first-order chi connectivity index (χ1) is 9.79. The van der Waals surface area contributed by atoms with E-state index in [0.29, 0.717) is 18.3 Å². The molecule has 0 spiro atoms. The molecule has 0 bridgehead atoms. The summed E-state index contributed by atoms with van der Waals surface area (Å²) in [6.07, 6.45) is 4.27. The summed E-state index contributed by atoms with van der Waals surface area (Å²) in [5, 5.41) is 3.46. The van der Waals surface area contributed by atoms with Crippen molar-refractivity contribution in [2.75, 3.05) is 13.2 Å². The summed E-state index contributed by atoms with van der Waals surface area (Å²) >= 11 is 0. The molecule has 0 saturated heterocycles. The Hall–Kier alpha value is -1.88. The van der Waals surface area contributed by atoms with Gasteiger partial charge < -0.3 is 14.6 Å². The van der Waals surface area contributed by atoms with Gasteiger partial charge in [0.25, 0.3) is 0 Å². The highest BCUT2D eigenvalue weighted by Gasteiger charge is 2.21. The minimum Gasteiger partial charge on any atom is -0.461 e. The van der Waals surface area contributed by atoms with E-state index in [1.165, 1.54) is 12.8 Å². The molecule has 2 heterocycles. The summed E-state index contributed by atoms with van der Waals surface area (Å²) in [6, 6.07) is 6.36. The monoisotopic (exact) mass is 273 g/mol. The largest absolute Gasteiger partial charge is 0.461 e. The topological polar surface area (TPSA) is 56.1 Å². The molecule has 2 aromatic heterocycles. The van der Waals surface area contributed by atoms with Gasteiger partial charge >= 0.3 is 5.97 Å². The van der Waals surface area contributed by atoms with E-state index in [-0.39, 0.29) is 5.97 Å². The van der Waals surface area contributed by atoms with Crippen LogP contribution >= 0.6 is 0 Å². The molecule has 0 aliphatic heterocycles. The summed E-state index contributed by atoms with van der Waals surface area (Å²) in [7, 11) is 0. The van der Waals surface area contributed by atoms with Crippen molar-refractivity contribution in [3.8, 4) is 0 Å². The Morgan fingerprint density at radius 1 is 1.55 bits per heavy atom. The van der Waals surface area contributed by atoms with Crippen LogP contribution in [0.15, 0.2) is 24.4 Å². The van der Waals surface area contributed by atoms with Crippen LogP contribution in [-0.4, -0.2) is 34.7 Å². The predicted molar refractivity (Wildman–Crippen MR) is 76.7 cm³/mol. The average molecular weight is 273 g/mol. The minimum absolute atomic E-state index is 0.281. The second-order valence-electron chi connectivity index (χ2n) is 5.04. The zero-order valence-corrected chi connectivity index (χ0v) is 11.6. The number of nitrogens with zero attached hydrogens (tertiary/aromatic N) is 2. The van der Waals surface area contributed by atoms with Crippen molar-refractivity contribution in [1.82, 2.24) is 14.9 Å². The smallest absolute Gasteiger partial charge is 0.355 e. The van der Waals surface area contributed by atoms with Gasteiger partial charge in [-0.05, 0) is 38.0 Å². The second-order valence-corrected chi connectivity index (χ2v) is 5.04. The Labute approximate surface area is 117 Å². The number of hydrogen-bond acceptors (Lipinski definition) is 4. The minimum atomic E-state index is -0.281. The molecule has 1 fully saturated rings. The molecule has 2 aromatic rings. The van der Waals surface area contributed by atoms with Gasteiger partial charge in [-0.3, -0.25) is 4.98 Å². The van der Waals surface area contributed by atoms with E-state index in [2.05, 4.69) is 10.3 Å². The summed E-state index contributed by atoms with van der Waals surface area (Å²) in [5.41, 5.74) is 2.40. The standard InChI is InChI=1S/C15H19N3O2/c1-2-20-15(19)14-10-12-13(4-3-7-17-12)18(14)9-8-16-11-5-6-11/h3-4,7,10-11,16H,2,5-6,8-9H2,1H3. The van der Waals surface area contributed by atoms with Crippen molar-refractivity contribution in [2.24, 2.45) is 0 Å². The van der Waals surface area contributed by atoms with E-state index >= 15 is 0 Å². The number of rotatable bonds is 6. The van der Waals surface area contributed by atoms with Crippen molar-refractivity contribution in [1.29, 1.82) is 0 Å². The first kappa shape index (κ1) is 13.1. The van der Waals surface area contributed by atoms with E-state index in [4.69, 9.17) is 4.74 Å². The number of esters is 1. The number of hydrogen-bond donors (Lipinski definition) is 1. The molecule has 1 aliphatic rings. The summed E-state index contributed by atoms with van der Waals surface area (Å²) < 4.78 is 7.13. The Morgan fingerprint density at radius 2 is 2.40 bits per heavy atom. The molecule has 5 nitrogen and oxygen atoms in total. The molecule has 106 valence electrons. The lowest BCUT2D eigenvalue weighted by atomic mass is 10.4. The number of carbonyl (C=O) groups is 1. The highest BCUT2D eigenvalue weighted by Crippen LogP contribution is 2.20. The van der Waals surface area contributed by atoms with Crippen molar-refractivity contribution < 1.29 is 9.53 Å². The molecule has 1 aliphatic carbocycles. The SMILES string of the molecule is CCOC(=O)c1cc2ncccc2n1CCNC1CC1. The molecule has 0 unspecified atom stereocenters. The normalized spacial score (nSPS) is 14.7. The van der Waals surface area contributed by atoms with Crippen LogP contribution in [0.1, 0.15) is 30.3 Å². The van der Waals surface area contributed by atoms with Crippen LogP contribution < -0.4 is 5.32 Å². The molecule has 5 heteroatoms. The molecule has 3 rings (SSSR count). The third-order valence-electron chi connectivity index (χ3n) is 3.50. The third kappa shape index (κ3) is 2.67. The van der Waals surface area contributed by atoms with Gasteiger partial charge in [0, 0.05) is 25.3 Å². The van der Waals surface area contributed by atoms with Crippen molar-refractivity contribution in [3.63, 3.8) is 0 Å². The Balaban J connectivity index is 1.87. The first-order valence-electron chi connectivity index (χ1n) is 7.14. The molecule has 0 amide bonds. The van der Waals surface area contributed by atoms with Crippen LogP contribution in [0, 0.1) is 0 Å². The first-order valence-corrected chi connectivity index (χ1v) is 7.14. The number of pyridine rings is 1. The maximum atomic E-state index is 12.1. The zero-order chi connectivity index (χ0) is 13.9. The lowest BCUT2D eigenvalue weighted by molar-refractivity contribution is 0.0514. The van der Waals surface area contributed by atoms with Crippen LogP contribution in [-0.2, 0) is 11.3 Å². The van der Waals surface area contributed by atoms with Gasteiger partial charge in [-0.25, -0.2) is 4.79 Å². The highest BCUT2D eigenvalue weighted by atomic mass is 16.5. The van der Waals surface area contributed by atoms with E-state index < -0.39 is 0 Å². The Morgan fingerprint density at radius 3 is 3.15 bits per heavy atom. The summed E-state index contributed by atoms with van der Waals surface area (Å²) in [6.45, 7) is 3.81. The maximum Gasteiger partial charge on any atom is 0.355 e. The molecule has 1 N–H and O–H groups in total. The Kier molecular flexibility index (Phi) is 3.69. The number of aromatic nitrogens is 2.